The van der Waals surface area contributed by atoms with Crippen LogP contribution in [0.25, 0.3) is 11.5 Å². The lowest BCUT2D eigenvalue weighted by atomic mass is 10.1. The smallest absolute Gasteiger partial charge is 0.152 e. The van der Waals surface area contributed by atoms with Crippen molar-refractivity contribution in [1.29, 1.82) is 0 Å². The molecule has 0 unspecified atom stereocenters. The third-order valence-corrected chi connectivity index (χ3v) is 4.10. The molecule has 3 rings (SSSR count). The molecule has 3 N–H and O–H groups in total. The van der Waals surface area contributed by atoms with Gasteiger partial charge in [0.2, 0.25) is 0 Å². The number of rotatable bonds is 8. The van der Waals surface area contributed by atoms with Crippen LogP contribution in [0.15, 0.2) is 53.1 Å². The van der Waals surface area contributed by atoms with E-state index in [0.29, 0.717) is 6.54 Å². The van der Waals surface area contributed by atoms with Gasteiger partial charge in [-0.2, -0.15) is 5.10 Å². The van der Waals surface area contributed by atoms with Gasteiger partial charge >= 0.3 is 0 Å². The van der Waals surface area contributed by atoms with E-state index in [2.05, 4.69) is 39.4 Å². The van der Waals surface area contributed by atoms with Crippen molar-refractivity contribution in [2.24, 2.45) is 5.73 Å². The summed E-state index contributed by atoms with van der Waals surface area (Å²) < 4.78 is 5.72. The van der Waals surface area contributed by atoms with E-state index in [9.17, 15) is 0 Å². The first-order valence-corrected chi connectivity index (χ1v) is 8.31. The highest BCUT2D eigenvalue weighted by Gasteiger charge is 2.14. The van der Waals surface area contributed by atoms with Crippen LogP contribution in [0.5, 0.6) is 0 Å². The van der Waals surface area contributed by atoms with Crippen molar-refractivity contribution in [2.45, 2.75) is 19.9 Å². The standard InChI is InChI=1S/C19H24N4O/c1-15-7-8-18(24-15)19-17(13-21-22-19)14-23(12-10-20)11-9-16-5-3-2-4-6-16/h2-8,13H,9-12,14,20H2,1H3,(H,21,22). The number of nitrogens with one attached hydrogen (secondary N) is 1. The van der Waals surface area contributed by atoms with Crippen molar-refractivity contribution in [2.75, 3.05) is 19.6 Å². The van der Waals surface area contributed by atoms with E-state index in [1.54, 1.807) is 0 Å². The third kappa shape index (κ3) is 4.13. The molecular formula is C19H24N4O. The number of hydrogen-bond donors (Lipinski definition) is 2. The van der Waals surface area contributed by atoms with Crippen molar-refractivity contribution < 1.29 is 4.42 Å². The maximum Gasteiger partial charge on any atom is 0.152 e. The molecule has 0 spiro atoms. The van der Waals surface area contributed by atoms with Gasteiger partial charge in [-0.15, -0.1) is 0 Å². The first-order valence-electron chi connectivity index (χ1n) is 8.31. The summed E-state index contributed by atoms with van der Waals surface area (Å²) in [5.41, 5.74) is 9.22. The fraction of sp³-hybridized carbons (Fsp3) is 0.316. The molecule has 2 heterocycles. The molecule has 0 aliphatic rings. The number of aromatic amines is 1. The van der Waals surface area contributed by atoms with Crippen molar-refractivity contribution >= 4 is 0 Å². The summed E-state index contributed by atoms with van der Waals surface area (Å²) in [5.74, 6) is 1.73. The summed E-state index contributed by atoms with van der Waals surface area (Å²) in [6.07, 6.45) is 2.88. The number of benzene rings is 1. The Kier molecular flexibility index (Phi) is 5.46. The van der Waals surface area contributed by atoms with E-state index >= 15 is 0 Å². The van der Waals surface area contributed by atoms with Gasteiger partial charge in [0.15, 0.2) is 5.76 Å². The summed E-state index contributed by atoms with van der Waals surface area (Å²) in [6, 6.07) is 14.5. The highest BCUT2D eigenvalue weighted by molar-refractivity contribution is 5.56. The molecule has 5 nitrogen and oxygen atoms in total. The van der Waals surface area contributed by atoms with Crippen LogP contribution < -0.4 is 5.73 Å². The second-order valence-electron chi connectivity index (χ2n) is 5.98. The Morgan fingerprint density at radius 3 is 2.67 bits per heavy atom. The minimum absolute atomic E-state index is 0.641. The van der Waals surface area contributed by atoms with Crippen LogP contribution in [0.3, 0.4) is 0 Å². The first kappa shape index (κ1) is 16.5. The summed E-state index contributed by atoms with van der Waals surface area (Å²) in [4.78, 5) is 2.36. The van der Waals surface area contributed by atoms with Gasteiger partial charge in [0.25, 0.3) is 0 Å². The van der Waals surface area contributed by atoms with Gasteiger partial charge < -0.3 is 10.2 Å². The van der Waals surface area contributed by atoms with Gasteiger partial charge in [0, 0.05) is 31.7 Å². The predicted octanol–water partition coefficient (Wildman–Crippen LogP) is 2.98. The molecule has 1 aromatic carbocycles. The van der Waals surface area contributed by atoms with E-state index in [4.69, 9.17) is 10.2 Å². The molecule has 0 fully saturated rings. The molecule has 0 saturated carbocycles. The van der Waals surface area contributed by atoms with Crippen molar-refractivity contribution in [3.05, 3.63) is 65.5 Å². The number of nitrogens with two attached hydrogens (primary N) is 1. The Bertz CT molecular complexity index is 748. The van der Waals surface area contributed by atoms with Crippen LogP contribution in [0.4, 0.5) is 0 Å². The molecule has 3 aromatic rings. The summed E-state index contributed by atoms with van der Waals surface area (Å²) in [6.45, 7) is 5.20. The lowest BCUT2D eigenvalue weighted by Crippen LogP contribution is -2.31. The monoisotopic (exact) mass is 324 g/mol. The quantitative estimate of drug-likeness (QED) is 0.668. The van der Waals surface area contributed by atoms with E-state index in [0.717, 1.165) is 48.8 Å². The second-order valence-corrected chi connectivity index (χ2v) is 5.98. The number of aromatic nitrogens is 2. The summed E-state index contributed by atoms with van der Waals surface area (Å²) >= 11 is 0. The number of hydrogen-bond acceptors (Lipinski definition) is 4. The Balaban J connectivity index is 1.68. The van der Waals surface area contributed by atoms with Gasteiger partial charge in [0.1, 0.15) is 11.5 Å². The van der Waals surface area contributed by atoms with Gasteiger partial charge in [-0.05, 0) is 31.0 Å². The zero-order chi connectivity index (χ0) is 16.8. The molecule has 0 amide bonds. The fourth-order valence-electron chi connectivity index (χ4n) is 2.84. The molecule has 0 aliphatic carbocycles. The van der Waals surface area contributed by atoms with Crippen molar-refractivity contribution in [1.82, 2.24) is 15.1 Å². The third-order valence-electron chi connectivity index (χ3n) is 4.10. The Hall–Kier alpha value is -2.37. The Labute approximate surface area is 142 Å². The normalized spacial score (nSPS) is 11.3. The highest BCUT2D eigenvalue weighted by atomic mass is 16.3. The number of aryl methyl sites for hydroxylation is 1. The second kappa shape index (κ2) is 7.95. The van der Waals surface area contributed by atoms with E-state index < -0.39 is 0 Å². The van der Waals surface area contributed by atoms with Crippen LogP contribution in [0.2, 0.25) is 0 Å². The number of nitrogens with zero attached hydrogens (tertiary/aromatic N) is 2. The van der Waals surface area contributed by atoms with Crippen molar-refractivity contribution in [3.63, 3.8) is 0 Å². The van der Waals surface area contributed by atoms with Gasteiger partial charge in [-0.3, -0.25) is 10.00 Å². The molecule has 0 atom stereocenters. The summed E-state index contributed by atoms with van der Waals surface area (Å²) in [7, 11) is 0. The fourth-order valence-corrected chi connectivity index (χ4v) is 2.84. The molecule has 0 radical (unpaired) electrons. The Morgan fingerprint density at radius 1 is 1.12 bits per heavy atom. The number of H-pyrrole nitrogens is 1. The molecule has 0 saturated heterocycles. The van der Waals surface area contributed by atoms with Gasteiger partial charge in [-0.1, -0.05) is 30.3 Å². The molecule has 2 aromatic heterocycles. The largest absolute Gasteiger partial charge is 0.460 e. The van der Waals surface area contributed by atoms with Gasteiger partial charge in [0.05, 0.1) is 6.20 Å². The van der Waals surface area contributed by atoms with E-state index in [1.165, 1.54) is 5.56 Å². The average molecular weight is 324 g/mol. The van der Waals surface area contributed by atoms with E-state index in [1.807, 2.05) is 31.3 Å². The molecule has 0 bridgehead atoms. The van der Waals surface area contributed by atoms with Crippen LogP contribution in [0, 0.1) is 6.92 Å². The molecule has 5 heteroatoms. The first-order chi connectivity index (χ1) is 11.8. The lowest BCUT2D eigenvalue weighted by Gasteiger charge is -2.21. The molecule has 0 aliphatic heterocycles. The zero-order valence-electron chi connectivity index (χ0n) is 14.0. The van der Waals surface area contributed by atoms with Crippen LogP contribution >= 0.6 is 0 Å². The van der Waals surface area contributed by atoms with Crippen molar-refractivity contribution in [3.8, 4) is 11.5 Å². The topological polar surface area (TPSA) is 71.1 Å². The van der Waals surface area contributed by atoms with E-state index in [-0.39, 0.29) is 0 Å². The minimum Gasteiger partial charge on any atom is -0.460 e. The molecule has 24 heavy (non-hydrogen) atoms. The zero-order valence-corrected chi connectivity index (χ0v) is 14.0. The molecular weight excluding hydrogens is 300 g/mol. The average Bonchev–Trinajstić information content (AvgIpc) is 3.22. The maximum atomic E-state index is 5.80. The maximum absolute atomic E-state index is 5.80. The van der Waals surface area contributed by atoms with Crippen LogP contribution in [-0.2, 0) is 13.0 Å². The number of furan rings is 1. The SMILES string of the molecule is Cc1ccc(-c2[nH]ncc2CN(CCN)CCc2ccccc2)o1. The lowest BCUT2D eigenvalue weighted by molar-refractivity contribution is 0.276. The summed E-state index contributed by atoms with van der Waals surface area (Å²) in [5, 5.41) is 7.25. The van der Waals surface area contributed by atoms with Crippen LogP contribution in [-0.4, -0.2) is 34.7 Å². The minimum atomic E-state index is 0.641. The Morgan fingerprint density at radius 2 is 1.96 bits per heavy atom. The predicted molar refractivity (Wildman–Crippen MR) is 95.5 cm³/mol. The highest BCUT2D eigenvalue weighted by Crippen LogP contribution is 2.24. The van der Waals surface area contributed by atoms with Gasteiger partial charge in [-0.25, -0.2) is 0 Å². The molecule has 126 valence electrons. The van der Waals surface area contributed by atoms with Crippen LogP contribution in [0.1, 0.15) is 16.9 Å².